The third-order valence-electron chi connectivity index (χ3n) is 4.60. The summed E-state index contributed by atoms with van der Waals surface area (Å²) < 4.78 is 0. The Kier molecular flexibility index (Phi) is 8.10. The minimum atomic E-state index is -0.679. The van der Waals surface area contributed by atoms with E-state index in [1.807, 2.05) is 35.2 Å². The van der Waals surface area contributed by atoms with Crippen LogP contribution in [0.15, 0.2) is 30.3 Å². The molecule has 1 aromatic rings. The zero-order valence-corrected chi connectivity index (χ0v) is 14.4. The van der Waals surface area contributed by atoms with Gasteiger partial charge in [0.2, 0.25) is 0 Å². The molecule has 1 atom stereocenters. The molecule has 0 bridgehead atoms. The van der Waals surface area contributed by atoms with Crippen LogP contribution < -0.4 is 0 Å². The molecule has 1 amide bonds. The maximum Gasteiger partial charge on any atom is 0.306 e. The van der Waals surface area contributed by atoms with Gasteiger partial charge in [-0.1, -0.05) is 38.0 Å². The smallest absolute Gasteiger partial charge is 0.306 e. The van der Waals surface area contributed by atoms with Crippen molar-refractivity contribution in [1.82, 2.24) is 4.90 Å². The number of benzene rings is 1. The summed E-state index contributed by atoms with van der Waals surface area (Å²) in [4.78, 5) is 25.7. The van der Waals surface area contributed by atoms with Crippen molar-refractivity contribution in [3.05, 3.63) is 35.9 Å². The number of halogens is 1. The second-order valence-corrected chi connectivity index (χ2v) is 6.08. The number of piperidine rings is 1. The Balaban J connectivity index is 0.00000264. The molecule has 1 aliphatic heterocycles. The number of unbranched alkanes of at least 4 members (excludes halogenated alkanes) is 1. The van der Waals surface area contributed by atoms with E-state index in [-0.39, 0.29) is 30.2 Å². The minimum Gasteiger partial charge on any atom is -0.481 e. The number of carbonyl (C=O) groups excluding carboxylic acids is 1. The topological polar surface area (TPSA) is 57.6 Å². The predicted octanol–water partition coefficient (Wildman–Crippen LogP) is 3.85. The van der Waals surface area contributed by atoms with Gasteiger partial charge in [0.1, 0.15) is 0 Å². The normalized spacial score (nSPS) is 16.5. The molecule has 0 radical (unpaired) electrons. The van der Waals surface area contributed by atoms with Crippen LogP contribution in [-0.2, 0) is 4.79 Å². The van der Waals surface area contributed by atoms with Crippen molar-refractivity contribution in [2.75, 3.05) is 13.1 Å². The number of hydrogen-bond acceptors (Lipinski definition) is 2. The Hall–Kier alpha value is -1.55. The van der Waals surface area contributed by atoms with Crippen LogP contribution in [0.5, 0.6) is 0 Å². The van der Waals surface area contributed by atoms with Gasteiger partial charge in [-0.3, -0.25) is 9.59 Å². The predicted molar refractivity (Wildman–Crippen MR) is 93.0 cm³/mol. The SMILES string of the molecule is CCCCC(C(=O)O)C1CCN(C(=O)c2ccccc2)CC1.Cl. The molecule has 1 fully saturated rings. The molecule has 5 heteroatoms. The first kappa shape index (κ1) is 19.5. The number of nitrogens with zero attached hydrogens (tertiary/aromatic N) is 1. The fraction of sp³-hybridized carbons (Fsp3) is 0.556. The van der Waals surface area contributed by atoms with Crippen molar-refractivity contribution >= 4 is 24.3 Å². The summed E-state index contributed by atoms with van der Waals surface area (Å²) in [6.07, 6.45) is 4.32. The maximum absolute atomic E-state index is 12.4. The van der Waals surface area contributed by atoms with Crippen LogP contribution in [0.1, 0.15) is 49.4 Å². The van der Waals surface area contributed by atoms with Gasteiger partial charge in [0.15, 0.2) is 0 Å². The van der Waals surface area contributed by atoms with Crippen LogP contribution in [0.3, 0.4) is 0 Å². The molecule has 23 heavy (non-hydrogen) atoms. The monoisotopic (exact) mass is 339 g/mol. The zero-order chi connectivity index (χ0) is 15.9. The van der Waals surface area contributed by atoms with Crippen LogP contribution in [0.2, 0.25) is 0 Å². The van der Waals surface area contributed by atoms with E-state index in [2.05, 4.69) is 6.92 Å². The van der Waals surface area contributed by atoms with Gasteiger partial charge in [-0.15, -0.1) is 12.4 Å². The lowest BCUT2D eigenvalue weighted by Gasteiger charge is -2.34. The average molecular weight is 340 g/mol. The molecule has 1 unspecified atom stereocenters. The highest BCUT2D eigenvalue weighted by atomic mass is 35.5. The van der Waals surface area contributed by atoms with E-state index in [1.54, 1.807) is 0 Å². The van der Waals surface area contributed by atoms with Crippen molar-refractivity contribution in [3.63, 3.8) is 0 Å². The molecule has 1 aromatic carbocycles. The molecule has 1 N–H and O–H groups in total. The van der Waals surface area contributed by atoms with E-state index in [0.29, 0.717) is 18.7 Å². The standard InChI is InChI=1S/C18H25NO3.ClH/c1-2-3-9-16(18(21)22)14-10-12-19(13-11-14)17(20)15-7-5-4-6-8-15;/h4-8,14,16H,2-3,9-13H2,1H3,(H,21,22);1H. The summed E-state index contributed by atoms with van der Waals surface area (Å²) in [6, 6.07) is 9.29. The largest absolute Gasteiger partial charge is 0.481 e. The first-order valence-corrected chi connectivity index (χ1v) is 8.20. The number of hydrogen-bond donors (Lipinski definition) is 1. The molecule has 2 rings (SSSR count). The summed E-state index contributed by atoms with van der Waals surface area (Å²) in [6.45, 7) is 3.41. The molecular weight excluding hydrogens is 314 g/mol. The van der Waals surface area contributed by atoms with Crippen LogP contribution in [0.4, 0.5) is 0 Å². The van der Waals surface area contributed by atoms with E-state index in [1.165, 1.54) is 0 Å². The summed E-state index contributed by atoms with van der Waals surface area (Å²) in [5.74, 6) is -0.682. The molecule has 1 heterocycles. The number of carbonyl (C=O) groups is 2. The Morgan fingerprint density at radius 2 is 1.83 bits per heavy atom. The van der Waals surface area contributed by atoms with Gasteiger partial charge in [-0.2, -0.15) is 0 Å². The van der Waals surface area contributed by atoms with E-state index in [0.717, 1.165) is 32.1 Å². The van der Waals surface area contributed by atoms with Gasteiger partial charge in [0.05, 0.1) is 5.92 Å². The van der Waals surface area contributed by atoms with Gasteiger partial charge in [0, 0.05) is 18.7 Å². The van der Waals surface area contributed by atoms with Crippen LogP contribution >= 0.6 is 12.4 Å². The van der Waals surface area contributed by atoms with Crippen molar-refractivity contribution in [2.45, 2.75) is 39.0 Å². The average Bonchev–Trinajstić information content (AvgIpc) is 2.55. The third kappa shape index (κ3) is 5.24. The summed E-state index contributed by atoms with van der Waals surface area (Å²) in [5, 5.41) is 9.42. The molecular formula is C18H26ClNO3. The molecule has 0 spiro atoms. The fourth-order valence-electron chi connectivity index (χ4n) is 3.25. The molecule has 4 nitrogen and oxygen atoms in total. The molecule has 128 valence electrons. The van der Waals surface area contributed by atoms with Crippen molar-refractivity contribution in [1.29, 1.82) is 0 Å². The van der Waals surface area contributed by atoms with Gasteiger partial charge >= 0.3 is 5.97 Å². The molecule has 0 saturated carbocycles. The van der Waals surface area contributed by atoms with E-state index < -0.39 is 5.97 Å². The van der Waals surface area contributed by atoms with E-state index in [9.17, 15) is 14.7 Å². The summed E-state index contributed by atoms with van der Waals surface area (Å²) >= 11 is 0. The van der Waals surface area contributed by atoms with Crippen LogP contribution in [0.25, 0.3) is 0 Å². The number of likely N-dealkylation sites (tertiary alicyclic amines) is 1. The Morgan fingerprint density at radius 3 is 2.35 bits per heavy atom. The van der Waals surface area contributed by atoms with Crippen LogP contribution in [0, 0.1) is 11.8 Å². The molecule has 0 aliphatic carbocycles. The lowest BCUT2D eigenvalue weighted by atomic mass is 9.81. The van der Waals surface area contributed by atoms with E-state index in [4.69, 9.17) is 0 Å². The first-order chi connectivity index (χ1) is 10.6. The Labute approximate surface area is 144 Å². The minimum absolute atomic E-state index is 0. The van der Waals surface area contributed by atoms with Crippen LogP contribution in [-0.4, -0.2) is 35.0 Å². The molecule has 1 aliphatic rings. The van der Waals surface area contributed by atoms with Crippen molar-refractivity contribution in [2.24, 2.45) is 11.8 Å². The van der Waals surface area contributed by atoms with Crippen molar-refractivity contribution < 1.29 is 14.7 Å². The lowest BCUT2D eigenvalue weighted by molar-refractivity contribution is -0.144. The Morgan fingerprint density at radius 1 is 1.22 bits per heavy atom. The zero-order valence-electron chi connectivity index (χ0n) is 13.6. The first-order valence-electron chi connectivity index (χ1n) is 8.20. The van der Waals surface area contributed by atoms with Gasteiger partial charge in [0.25, 0.3) is 5.91 Å². The number of carboxylic acids is 1. The van der Waals surface area contributed by atoms with E-state index >= 15 is 0 Å². The summed E-state index contributed by atoms with van der Waals surface area (Å²) in [5.41, 5.74) is 0.710. The van der Waals surface area contributed by atoms with Gasteiger partial charge in [-0.05, 0) is 37.3 Å². The number of carboxylic acid groups (broad SMARTS) is 1. The molecule has 1 saturated heterocycles. The number of amides is 1. The molecule has 0 aromatic heterocycles. The number of rotatable bonds is 6. The maximum atomic E-state index is 12.4. The number of aliphatic carboxylic acids is 1. The summed E-state index contributed by atoms with van der Waals surface area (Å²) in [7, 11) is 0. The second-order valence-electron chi connectivity index (χ2n) is 6.08. The third-order valence-corrected chi connectivity index (χ3v) is 4.60. The lowest BCUT2D eigenvalue weighted by Crippen LogP contribution is -2.41. The van der Waals surface area contributed by atoms with Crippen molar-refractivity contribution in [3.8, 4) is 0 Å². The van der Waals surface area contributed by atoms with Gasteiger partial charge < -0.3 is 10.0 Å². The Bertz CT molecular complexity index is 498. The highest BCUT2D eigenvalue weighted by molar-refractivity contribution is 5.94. The quantitative estimate of drug-likeness (QED) is 0.856. The fourth-order valence-corrected chi connectivity index (χ4v) is 3.25. The highest BCUT2D eigenvalue weighted by Gasteiger charge is 2.32. The van der Waals surface area contributed by atoms with Gasteiger partial charge in [-0.25, -0.2) is 0 Å². The highest BCUT2D eigenvalue weighted by Crippen LogP contribution is 2.29. The second kappa shape index (κ2) is 9.56.